The first-order chi connectivity index (χ1) is 11.9. The lowest BCUT2D eigenvalue weighted by Gasteiger charge is -2.11. The predicted octanol–water partition coefficient (Wildman–Crippen LogP) is 5.43. The summed E-state index contributed by atoms with van der Waals surface area (Å²) in [6, 6.07) is 3.51. The molecular formula is C16H17Cl3N4OS. The third kappa shape index (κ3) is 4.42. The first kappa shape index (κ1) is 18.8. The number of carbonyl (C=O) groups is 1. The third-order valence-corrected chi connectivity index (χ3v) is 5.71. The first-order valence-electron chi connectivity index (χ1n) is 7.88. The fourth-order valence-corrected chi connectivity index (χ4v) is 3.80. The van der Waals surface area contributed by atoms with Crippen LogP contribution in [0.2, 0.25) is 15.1 Å². The van der Waals surface area contributed by atoms with Gasteiger partial charge in [0.1, 0.15) is 5.82 Å². The van der Waals surface area contributed by atoms with Crippen LogP contribution < -0.4 is 5.32 Å². The number of carbonyl (C=O) groups excluding carboxylic acids is 1. The van der Waals surface area contributed by atoms with Crippen LogP contribution in [0.25, 0.3) is 0 Å². The number of halogens is 3. The summed E-state index contributed by atoms with van der Waals surface area (Å²) in [6.45, 7) is 4.19. The number of hydrogen-bond donors (Lipinski definition) is 1. The molecule has 1 amide bonds. The Morgan fingerprint density at radius 3 is 2.56 bits per heavy atom. The van der Waals surface area contributed by atoms with Crippen molar-refractivity contribution in [2.75, 3.05) is 11.1 Å². The Morgan fingerprint density at radius 1 is 1.24 bits per heavy atom. The second-order valence-electron chi connectivity index (χ2n) is 6.18. The highest BCUT2D eigenvalue weighted by Gasteiger charge is 2.30. The molecule has 1 saturated carbocycles. The van der Waals surface area contributed by atoms with Gasteiger partial charge < -0.3 is 9.88 Å². The molecule has 1 heterocycles. The van der Waals surface area contributed by atoms with Gasteiger partial charge in [-0.2, -0.15) is 0 Å². The quantitative estimate of drug-likeness (QED) is 0.501. The van der Waals surface area contributed by atoms with Crippen molar-refractivity contribution in [1.82, 2.24) is 14.8 Å². The van der Waals surface area contributed by atoms with Crippen LogP contribution >= 0.6 is 46.6 Å². The minimum atomic E-state index is -0.193. The molecule has 0 radical (unpaired) electrons. The van der Waals surface area contributed by atoms with E-state index in [2.05, 4.69) is 33.9 Å². The number of thioether (sulfide) groups is 1. The first-order valence-corrected chi connectivity index (χ1v) is 10.0. The van der Waals surface area contributed by atoms with Gasteiger partial charge in [-0.1, -0.05) is 60.4 Å². The summed E-state index contributed by atoms with van der Waals surface area (Å²) in [5.41, 5.74) is 0.438. The second-order valence-corrected chi connectivity index (χ2v) is 8.34. The molecule has 5 nitrogen and oxygen atoms in total. The standard InChI is InChI=1S/C16H17Cl3N4OS/c1-8(2)15-21-22-16(23(15)9-3-4-9)25-7-14(24)20-13-6-11(18)10(17)5-12(13)19/h5-6,8-9H,3-4,7H2,1-2H3,(H,20,24). The summed E-state index contributed by atoms with van der Waals surface area (Å²) in [4.78, 5) is 12.2. The highest BCUT2D eigenvalue weighted by atomic mass is 35.5. The fraction of sp³-hybridized carbons (Fsp3) is 0.438. The molecule has 0 saturated heterocycles. The lowest BCUT2D eigenvalue weighted by molar-refractivity contribution is -0.113. The minimum Gasteiger partial charge on any atom is -0.324 e. The van der Waals surface area contributed by atoms with E-state index in [9.17, 15) is 4.79 Å². The minimum absolute atomic E-state index is 0.193. The van der Waals surface area contributed by atoms with Gasteiger partial charge in [-0.15, -0.1) is 10.2 Å². The Labute approximate surface area is 165 Å². The van der Waals surface area contributed by atoms with E-state index in [1.807, 2.05) is 0 Å². The van der Waals surface area contributed by atoms with Crippen molar-refractivity contribution < 1.29 is 4.79 Å². The van der Waals surface area contributed by atoms with Crippen LogP contribution in [0.15, 0.2) is 17.3 Å². The zero-order chi connectivity index (χ0) is 18.1. The van der Waals surface area contributed by atoms with Crippen LogP contribution in [-0.2, 0) is 4.79 Å². The van der Waals surface area contributed by atoms with Crippen molar-refractivity contribution in [1.29, 1.82) is 0 Å². The molecular weight excluding hydrogens is 403 g/mol. The highest BCUT2D eigenvalue weighted by molar-refractivity contribution is 7.99. The SMILES string of the molecule is CC(C)c1nnc(SCC(=O)Nc2cc(Cl)c(Cl)cc2Cl)n1C1CC1. The van der Waals surface area contributed by atoms with E-state index < -0.39 is 0 Å². The topological polar surface area (TPSA) is 59.8 Å². The summed E-state index contributed by atoms with van der Waals surface area (Å²) < 4.78 is 2.16. The summed E-state index contributed by atoms with van der Waals surface area (Å²) in [7, 11) is 0. The molecule has 0 aliphatic heterocycles. The molecule has 0 atom stereocenters. The summed E-state index contributed by atoms with van der Waals surface area (Å²) in [5, 5.41) is 13.1. The van der Waals surface area contributed by atoms with Crippen LogP contribution in [0.3, 0.4) is 0 Å². The number of aromatic nitrogens is 3. The third-order valence-electron chi connectivity index (χ3n) is 3.74. The van der Waals surface area contributed by atoms with Crippen LogP contribution in [0.1, 0.15) is 44.5 Å². The zero-order valence-corrected chi connectivity index (χ0v) is 16.8. The van der Waals surface area contributed by atoms with Crippen molar-refractivity contribution in [2.45, 2.75) is 43.8 Å². The van der Waals surface area contributed by atoms with E-state index in [-0.39, 0.29) is 11.7 Å². The predicted molar refractivity (Wildman–Crippen MR) is 103 cm³/mol. The van der Waals surface area contributed by atoms with E-state index >= 15 is 0 Å². The van der Waals surface area contributed by atoms with E-state index in [0.29, 0.717) is 32.7 Å². The molecule has 0 unspecified atom stereocenters. The Balaban J connectivity index is 1.66. The lowest BCUT2D eigenvalue weighted by atomic mass is 10.2. The highest BCUT2D eigenvalue weighted by Crippen LogP contribution is 2.40. The molecule has 1 N–H and O–H groups in total. The fourth-order valence-electron chi connectivity index (χ4n) is 2.39. The Morgan fingerprint density at radius 2 is 1.92 bits per heavy atom. The number of rotatable bonds is 6. The van der Waals surface area contributed by atoms with Crippen LogP contribution in [0.4, 0.5) is 5.69 Å². The molecule has 3 rings (SSSR count). The molecule has 2 aromatic rings. The maximum absolute atomic E-state index is 12.2. The number of nitrogens with one attached hydrogen (secondary N) is 1. The molecule has 1 aromatic heterocycles. The van der Waals surface area contributed by atoms with Crippen molar-refractivity contribution in [3.63, 3.8) is 0 Å². The smallest absolute Gasteiger partial charge is 0.234 e. The molecule has 9 heteroatoms. The molecule has 1 aliphatic rings. The Kier molecular flexibility index (Phi) is 5.83. The van der Waals surface area contributed by atoms with Gasteiger partial charge >= 0.3 is 0 Å². The van der Waals surface area contributed by atoms with E-state index in [1.54, 1.807) is 6.07 Å². The van der Waals surface area contributed by atoms with Gasteiger partial charge in [0.25, 0.3) is 0 Å². The normalized spacial score (nSPS) is 14.2. The molecule has 134 valence electrons. The number of amides is 1. The van der Waals surface area contributed by atoms with E-state index in [4.69, 9.17) is 34.8 Å². The maximum atomic E-state index is 12.2. The van der Waals surface area contributed by atoms with Gasteiger partial charge in [-0.3, -0.25) is 4.79 Å². The van der Waals surface area contributed by atoms with E-state index in [0.717, 1.165) is 23.8 Å². The number of anilines is 1. The molecule has 1 aliphatic carbocycles. The van der Waals surface area contributed by atoms with Gasteiger partial charge in [0, 0.05) is 12.0 Å². The van der Waals surface area contributed by atoms with Gasteiger partial charge in [0.15, 0.2) is 5.16 Å². The van der Waals surface area contributed by atoms with Gasteiger partial charge in [0.2, 0.25) is 5.91 Å². The molecule has 1 aromatic carbocycles. The summed E-state index contributed by atoms with van der Waals surface area (Å²) in [5.74, 6) is 1.28. The summed E-state index contributed by atoms with van der Waals surface area (Å²) >= 11 is 19.3. The monoisotopic (exact) mass is 418 g/mol. The number of benzene rings is 1. The van der Waals surface area contributed by atoms with Gasteiger partial charge in [-0.05, 0) is 25.0 Å². The molecule has 25 heavy (non-hydrogen) atoms. The average molecular weight is 420 g/mol. The average Bonchev–Trinajstić information content (AvgIpc) is 3.29. The van der Waals surface area contributed by atoms with Gasteiger partial charge in [0.05, 0.1) is 26.5 Å². The second kappa shape index (κ2) is 7.74. The Hall–Kier alpha value is -0.950. The molecule has 0 bridgehead atoms. The number of nitrogens with zero attached hydrogens (tertiary/aromatic N) is 3. The van der Waals surface area contributed by atoms with Gasteiger partial charge in [-0.25, -0.2) is 0 Å². The molecule has 1 fully saturated rings. The van der Waals surface area contributed by atoms with Crippen LogP contribution in [-0.4, -0.2) is 26.4 Å². The Bertz CT molecular complexity index is 805. The summed E-state index contributed by atoms with van der Waals surface area (Å²) in [6.07, 6.45) is 2.27. The molecule has 0 spiro atoms. The largest absolute Gasteiger partial charge is 0.324 e. The van der Waals surface area contributed by atoms with Crippen molar-refractivity contribution in [2.24, 2.45) is 0 Å². The maximum Gasteiger partial charge on any atom is 0.234 e. The number of hydrogen-bond acceptors (Lipinski definition) is 4. The van der Waals surface area contributed by atoms with Crippen molar-refractivity contribution in [3.8, 4) is 0 Å². The van der Waals surface area contributed by atoms with Crippen molar-refractivity contribution >= 4 is 58.2 Å². The van der Waals surface area contributed by atoms with Crippen LogP contribution in [0.5, 0.6) is 0 Å². The van der Waals surface area contributed by atoms with E-state index in [1.165, 1.54) is 17.8 Å². The van der Waals surface area contributed by atoms with Crippen LogP contribution in [0, 0.1) is 0 Å². The van der Waals surface area contributed by atoms with Crippen molar-refractivity contribution in [3.05, 3.63) is 33.0 Å². The zero-order valence-electron chi connectivity index (χ0n) is 13.7. The lowest BCUT2D eigenvalue weighted by Crippen LogP contribution is -2.15.